The highest BCUT2D eigenvalue weighted by molar-refractivity contribution is 6.05. The van der Waals surface area contributed by atoms with Gasteiger partial charge in [-0.25, -0.2) is 0 Å². The van der Waals surface area contributed by atoms with E-state index in [2.05, 4.69) is 15.8 Å². The molecule has 1 aromatic heterocycles. The number of hydrogen-bond acceptors (Lipinski definition) is 6. The molecule has 0 saturated carbocycles. The van der Waals surface area contributed by atoms with Gasteiger partial charge in [-0.05, 0) is 47.7 Å². The number of aromatic amines is 1. The Morgan fingerprint density at radius 3 is 2.15 bits per heavy atom. The summed E-state index contributed by atoms with van der Waals surface area (Å²) in [7, 11) is 4.38. The van der Waals surface area contributed by atoms with Gasteiger partial charge in [0.25, 0.3) is 17.7 Å². The van der Waals surface area contributed by atoms with E-state index in [4.69, 9.17) is 14.2 Å². The van der Waals surface area contributed by atoms with E-state index < -0.39 is 23.9 Å². The molecule has 10 nitrogen and oxygen atoms in total. The van der Waals surface area contributed by atoms with Crippen molar-refractivity contribution in [2.75, 3.05) is 21.3 Å². The fourth-order valence-corrected chi connectivity index (χ4v) is 6.51. The van der Waals surface area contributed by atoms with Gasteiger partial charge >= 0.3 is 0 Å². The largest absolute Gasteiger partial charge is 0.493 e. The Hall–Kier alpha value is -5.77. The molecule has 5 aromatic rings. The number of H-pyrrole nitrogens is 1. The lowest BCUT2D eigenvalue weighted by Gasteiger charge is -2.34. The summed E-state index contributed by atoms with van der Waals surface area (Å²) in [4.78, 5) is 47.2. The van der Waals surface area contributed by atoms with E-state index in [1.807, 2.05) is 86.6 Å². The second-order valence-electron chi connectivity index (χ2n) is 12.0. The predicted molar refractivity (Wildman–Crippen MR) is 183 cm³/mol. The fraction of sp³-hybridized carbons (Fsp3) is 0.237. The van der Waals surface area contributed by atoms with E-state index in [9.17, 15) is 14.4 Å². The van der Waals surface area contributed by atoms with Crippen molar-refractivity contribution in [1.29, 1.82) is 0 Å². The van der Waals surface area contributed by atoms with Crippen molar-refractivity contribution in [3.05, 3.63) is 113 Å². The summed E-state index contributed by atoms with van der Waals surface area (Å²) in [6, 6.07) is 26.9. The molecule has 2 unspecified atom stereocenters. The van der Waals surface area contributed by atoms with E-state index in [1.54, 1.807) is 11.0 Å². The maximum absolute atomic E-state index is 14.4. The molecule has 48 heavy (non-hydrogen) atoms. The topological polar surface area (TPSA) is 122 Å². The first-order chi connectivity index (χ1) is 23.3. The van der Waals surface area contributed by atoms with Crippen LogP contribution in [0.3, 0.4) is 0 Å². The summed E-state index contributed by atoms with van der Waals surface area (Å²) in [6.45, 7) is 4.00. The van der Waals surface area contributed by atoms with Crippen LogP contribution in [-0.4, -0.2) is 55.0 Å². The molecule has 0 radical (unpaired) electrons. The molecular weight excluding hydrogens is 608 g/mol. The van der Waals surface area contributed by atoms with Crippen molar-refractivity contribution < 1.29 is 28.6 Å². The summed E-state index contributed by atoms with van der Waals surface area (Å²) in [5, 5.41) is 0.954. The Bertz CT molecular complexity index is 1960. The third-order valence-electron chi connectivity index (χ3n) is 8.64. The number of carbonyl (C=O) groups is 3. The maximum atomic E-state index is 14.4. The summed E-state index contributed by atoms with van der Waals surface area (Å²) < 4.78 is 16.1. The molecule has 0 spiro atoms. The standard InChI is InChI=1S/C38H38N4O6/c1-22(2)19-29(37(44)41-40-36(43)24-20-30(46-3)35(48-5)31(21-24)47-4)42-34(25-15-9-10-16-26(25)38(42)45)32-27-17-11-12-18-28(27)39-33(32)23-13-7-6-8-14-23/h6-18,20-22,29,34,39H,19H2,1-5H3,(H,40,43)(H,41,44). The van der Waals surface area contributed by atoms with Crippen LogP contribution >= 0.6 is 0 Å². The number of hydrogen-bond donors (Lipinski definition) is 3. The molecule has 2 heterocycles. The molecule has 6 rings (SSSR count). The number of rotatable bonds is 10. The normalized spacial score (nSPS) is 14.5. The Labute approximate surface area is 279 Å². The van der Waals surface area contributed by atoms with Crippen molar-refractivity contribution in [2.24, 2.45) is 5.92 Å². The van der Waals surface area contributed by atoms with E-state index in [0.717, 1.165) is 33.3 Å². The third-order valence-corrected chi connectivity index (χ3v) is 8.64. The number of nitrogens with one attached hydrogen (secondary N) is 3. The minimum Gasteiger partial charge on any atom is -0.493 e. The second-order valence-corrected chi connectivity index (χ2v) is 12.0. The molecular formula is C38H38N4O6. The third kappa shape index (κ3) is 5.81. The zero-order valence-electron chi connectivity index (χ0n) is 27.5. The first-order valence-electron chi connectivity index (χ1n) is 15.7. The molecule has 0 fully saturated rings. The van der Waals surface area contributed by atoms with Crippen LogP contribution in [0.25, 0.3) is 22.2 Å². The van der Waals surface area contributed by atoms with Crippen LogP contribution in [0.2, 0.25) is 0 Å². The van der Waals surface area contributed by atoms with Gasteiger partial charge in [0.15, 0.2) is 11.5 Å². The maximum Gasteiger partial charge on any atom is 0.269 e. The molecule has 246 valence electrons. The molecule has 0 aliphatic carbocycles. The van der Waals surface area contributed by atoms with Gasteiger partial charge in [0.1, 0.15) is 6.04 Å². The Morgan fingerprint density at radius 2 is 1.48 bits per heavy atom. The highest BCUT2D eigenvalue weighted by Crippen LogP contribution is 2.47. The molecule has 1 aliphatic heterocycles. The van der Waals surface area contributed by atoms with Gasteiger partial charge in [0, 0.05) is 27.6 Å². The molecule has 10 heteroatoms. The second kappa shape index (κ2) is 13.5. The predicted octanol–water partition coefficient (Wildman–Crippen LogP) is 6.28. The lowest BCUT2D eigenvalue weighted by Crippen LogP contribution is -2.53. The van der Waals surface area contributed by atoms with Crippen molar-refractivity contribution in [3.63, 3.8) is 0 Å². The zero-order chi connectivity index (χ0) is 33.9. The van der Waals surface area contributed by atoms with Crippen LogP contribution in [-0.2, 0) is 4.79 Å². The van der Waals surface area contributed by atoms with Gasteiger partial charge in [-0.3, -0.25) is 25.2 Å². The van der Waals surface area contributed by atoms with Crippen LogP contribution in [0, 0.1) is 5.92 Å². The van der Waals surface area contributed by atoms with Crippen molar-refractivity contribution >= 4 is 28.6 Å². The van der Waals surface area contributed by atoms with Gasteiger partial charge in [0.05, 0.1) is 33.1 Å². The molecule has 2 atom stereocenters. The lowest BCUT2D eigenvalue weighted by molar-refractivity contribution is -0.127. The monoisotopic (exact) mass is 646 g/mol. The van der Waals surface area contributed by atoms with E-state index in [1.165, 1.54) is 33.5 Å². The number of methoxy groups -OCH3 is 3. The van der Waals surface area contributed by atoms with Crippen LogP contribution in [0.4, 0.5) is 0 Å². The molecule has 4 aromatic carbocycles. The highest BCUT2D eigenvalue weighted by Gasteiger charge is 2.46. The number of para-hydroxylation sites is 1. The first-order valence-corrected chi connectivity index (χ1v) is 15.7. The number of aromatic nitrogens is 1. The van der Waals surface area contributed by atoms with Crippen LogP contribution in [0.1, 0.15) is 58.2 Å². The van der Waals surface area contributed by atoms with Crippen molar-refractivity contribution in [1.82, 2.24) is 20.7 Å². The summed E-state index contributed by atoms with van der Waals surface area (Å²) in [5.41, 5.74) is 10.3. The van der Waals surface area contributed by atoms with Crippen LogP contribution in [0.15, 0.2) is 91.0 Å². The quantitative estimate of drug-likeness (QED) is 0.154. The van der Waals surface area contributed by atoms with Gasteiger partial charge in [-0.2, -0.15) is 0 Å². The number of amides is 3. The molecule has 0 saturated heterocycles. The summed E-state index contributed by atoms with van der Waals surface area (Å²) >= 11 is 0. The minimum atomic E-state index is -0.924. The lowest BCUT2D eigenvalue weighted by atomic mass is 9.91. The van der Waals surface area contributed by atoms with Crippen molar-refractivity contribution in [3.8, 4) is 28.5 Å². The summed E-state index contributed by atoms with van der Waals surface area (Å²) in [6.07, 6.45) is 0.352. The van der Waals surface area contributed by atoms with Crippen molar-refractivity contribution in [2.45, 2.75) is 32.4 Å². The molecule has 3 N–H and O–H groups in total. The Balaban J connectivity index is 1.40. The van der Waals surface area contributed by atoms with Gasteiger partial charge in [-0.1, -0.05) is 80.6 Å². The Morgan fingerprint density at radius 1 is 0.833 bits per heavy atom. The van der Waals surface area contributed by atoms with E-state index >= 15 is 0 Å². The number of hydrazine groups is 1. The number of ether oxygens (including phenoxy) is 3. The van der Waals surface area contributed by atoms with E-state index in [0.29, 0.717) is 29.2 Å². The number of carbonyl (C=O) groups excluding carboxylic acids is 3. The van der Waals surface area contributed by atoms with Crippen LogP contribution in [0.5, 0.6) is 17.2 Å². The van der Waals surface area contributed by atoms with E-state index in [-0.39, 0.29) is 17.4 Å². The average molecular weight is 647 g/mol. The minimum absolute atomic E-state index is 0.0419. The van der Waals surface area contributed by atoms with Crippen LogP contribution < -0.4 is 25.1 Å². The molecule has 0 bridgehead atoms. The van der Waals surface area contributed by atoms with Gasteiger partial charge in [-0.15, -0.1) is 0 Å². The Kier molecular flexibility index (Phi) is 9.07. The smallest absolute Gasteiger partial charge is 0.269 e. The first kappa shape index (κ1) is 32.2. The number of fused-ring (bicyclic) bond motifs is 2. The molecule has 1 aliphatic rings. The van der Waals surface area contributed by atoms with Gasteiger partial charge < -0.3 is 24.1 Å². The average Bonchev–Trinajstić information content (AvgIpc) is 3.63. The fourth-order valence-electron chi connectivity index (χ4n) is 6.51. The summed E-state index contributed by atoms with van der Waals surface area (Å²) in [5.74, 6) is -0.400. The SMILES string of the molecule is COc1cc(C(=O)NNC(=O)C(CC(C)C)N2C(=O)c3ccccc3C2c2c(-c3ccccc3)[nH]c3ccccc23)cc(OC)c1OC. The van der Waals surface area contributed by atoms with Gasteiger partial charge in [0.2, 0.25) is 5.75 Å². The number of benzene rings is 4. The molecule has 3 amide bonds. The zero-order valence-corrected chi connectivity index (χ0v) is 27.5. The number of nitrogens with zero attached hydrogens (tertiary/aromatic N) is 1. The highest BCUT2D eigenvalue weighted by atomic mass is 16.5.